The molecule has 2 N–H and O–H groups in total. The van der Waals surface area contributed by atoms with E-state index in [1.807, 2.05) is 0 Å². The molecule has 2 nitrogen and oxygen atoms in total. The summed E-state index contributed by atoms with van der Waals surface area (Å²) in [5, 5.41) is 0. The molecular formula is C11H9F2NO. The molecule has 0 aromatic heterocycles. The number of benzene rings is 1. The number of amides is 1. The van der Waals surface area contributed by atoms with Gasteiger partial charge in [0.2, 0.25) is 5.91 Å². The van der Waals surface area contributed by atoms with E-state index in [1.165, 1.54) is 13.0 Å². The van der Waals surface area contributed by atoms with Gasteiger partial charge in [-0.15, -0.1) is 0 Å². The summed E-state index contributed by atoms with van der Waals surface area (Å²) < 4.78 is 25.9. The highest BCUT2D eigenvalue weighted by Gasteiger charge is 2.04. The number of hydrogen-bond acceptors (Lipinski definition) is 1. The van der Waals surface area contributed by atoms with Crippen LogP contribution in [0.15, 0.2) is 12.1 Å². The minimum atomic E-state index is -0.741. The summed E-state index contributed by atoms with van der Waals surface area (Å²) in [4.78, 5) is 10.4. The van der Waals surface area contributed by atoms with Gasteiger partial charge in [0.05, 0.1) is 12.0 Å². The number of aryl methyl sites for hydroxylation is 1. The van der Waals surface area contributed by atoms with Crippen molar-refractivity contribution in [1.29, 1.82) is 0 Å². The van der Waals surface area contributed by atoms with Crippen LogP contribution >= 0.6 is 0 Å². The van der Waals surface area contributed by atoms with Crippen molar-refractivity contribution in [2.75, 3.05) is 0 Å². The lowest BCUT2D eigenvalue weighted by molar-refractivity contribution is -0.117. The Labute approximate surface area is 86.1 Å². The summed E-state index contributed by atoms with van der Waals surface area (Å²) in [6, 6.07) is 2.06. The molecule has 4 heteroatoms. The predicted octanol–water partition coefficient (Wildman–Crippen LogP) is 1.50. The van der Waals surface area contributed by atoms with Gasteiger partial charge >= 0.3 is 0 Å². The quantitative estimate of drug-likeness (QED) is 0.700. The van der Waals surface area contributed by atoms with Gasteiger partial charge in [0.1, 0.15) is 11.6 Å². The van der Waals surface area contributed by atoms with E-state index >= 15 is 0 Å². The Morgan fingerprint density at radius 2 is 2.07 bits per heavy atom. The minimum absolute atomic E-state index is 0.0650. The third kappa shape index (κ3) is 3.06. The molecule has 0 unspecified atom stereocenters. The Morgan fingerprint density at radius 1 is 1.40 bits per heavy atom. The van der Waals surface area contributed by atoms with E-state index in [4.69, 9.17) is 5.73 Å². The van der Waals surface area contributed by atoms with Gasteiger partial charge in [-0.3, -0.25) is 4.79 Å². The molecule has 0 heterocycles. The first kappa shape index (κ1) is 11.2. The van der Waals surface area contributed by atoms with Crippen molar-refractivity contribution in [3.05, 3.63) is 34.9 Å². The Morgan fingerprint density at radius 3 is 2.67 bits per heavy atom. The molecule has 1 aromatic rings. The molecule has 15 heavy (non-hydrogen) atoms. The lowest BCUT2D eigenvalue weighted by Gasteiger charge is -1.98. The van der Waals surface area contributed by atoms with Crippen LogP contribution in [0.1, 0.15) is 17.5 Å². The van der Waals surface area contributed by atoms with Crippen molar-refractivity contribution in [1.82, 2.24) is 0 Å². The molecule has 0 aliphatic heterocycles. The van der Waals surface area contributed by atoms with Crippen LogP contribution in [0.4, 0.5) is 8.78 Å². The zero-order valence-corrected chi connectivity index (χ0v) is 8.10. The average molecular weight is 209 g/mol. The van der Waals surface area contributed by atoms with Crippen LogP contribution in [-0.2, 0) is 4.79 Å². The average Bonchev–Trinajstić information content (AvgIpc) is 2.13. The van der Waals surface area contributed by atoms with E-state index in [2.05, 4.69) is 11.8 Å². The second kappa shape index (κ2) is 4.56. The van der Waals surface area contributed by atoms with Gasteiger partial charge in [0.15, 0.2) is 0 Å². The molecule has 0 radical (unpaired) electrons. The van der Waals surface area contributed by atoms with E-state index in [0.29, 0.717) is 5.56 Å². The van der Waals surface area contributed by atoms with Crippen LogP contribution in [0, 0.1) is 30.4 Å². The van der Waals surface area contributed by atoms with Crippen molar-refractivity contribution >= 4 is 5.91 Å². The highest BCUT2D eigenvalue weighted by Crippen LogP contribution is 2.12. The Kier molecular flexibility index (Phi) is 3.40. The number of carbonyl (C=O) groups is 1. The van der Waals surface area contributed by atoms with Gasteiger partial charge in [0.25, 0.3) is 0 Å². The van der Waals surface area contributed by atoms with Crippen molar-refractivity contribution < 1.29 is 13.6 Å². The van der Waals surface area contributed by atoms with Crippen LogP contribution in [0.5, 0.6) is 0 Å². The van der Waals surface area contributed by atoms with Gasteiger partial charge in [-0.2, -0.15) is 0 Å². The molecule has 0 atom stereocenters. The second-order valence-electron chi connectivity index (χ2n) is 3.03. The van der Waals surface area contributed by atoms with E-state index in [9.17, 15) is 13.6 Å². The third-order valence-electron chi connectivity index (χ3n) is 1.73. The van der Waals surface area contributed by atoms with Gasteiger partial charge in [0, 0.05) is 6.07 Å². The first-order valence-electron chi connectivity index (χ1n) is 4.23. The summed E-state index contributed by atoms with van der Waals surface area (Å²) in [6.45, 7) is 1.51. The molecule has 0 spiro atoms. The smallest absolute Gasteiger partial charge is 0.229 e. The normalized spacial score (nSPS) is 9.27. The Hall–Kier alpha value is -1.89. The highest BCUT2D eigenvalue weighted by atomic mass is 19.1. The van der Waals surface area contributed by atoms with Crippen LogP contribution in [0.25, 0.3) is 0 Å². The fourth-order valence-corrected chi connectivity index (χ4v) is 0.980. The third-order valence-corrected chi connectivity index (χ3v) is 1.73. The van der Waals surface area contributed by atoms with Crippen molar-refractivity contribution in [2.24, 2.45) is 5.73 Å². The van der Waals surface area contributed by atoms with Crippen molar-refractivity contribution in [3.8, 4) is 11.8 Å². The van der Waals surface area contributed by atoms with Gasteiger partial charge in [-0.1, -0.05) is 11.8 Å². The topological polar surface area (TPSA) is 43.1 Å². The van der Waals surface area contributed by atoms with E-state index < -0.39 is 17.5 Å². The van der Waals surface area contributed by atoms with Gasteiger partial charge in [-0.25, -0.2) is 8.78 Å². The number of nitrogens with two attached hydrogens (primary N) is 1. The maximum atomic E-state index is 13.1. The molecule has 1 aromatic carbocycles. The fourth-order valence-electron chi connectivity index (χ4n) is 0.980. The fraction of sp³-hybridized carbons (Fsp3) is 0.182. The zero-order chi connectivity index (χ0) is 11.4. The first-order chi connectivity index (χ1) is 7.00. The molecule has 1 amide bonds. The van der Waals surface area contributed by atoms with Crippen LogP contribution in [0.2, 0.25) is 0 Å². The molecule has 0 saturated heterocycles. The number of primary amides is 1. The van der Waals surface area contributed by atoms with Crippen LogP contribution < -0.4 is 5.73 Å². The number of hydrogen-bond donors (Lipinski definition) is 1. The molecular weight excluding hydrogens is 200 g/mol. The second-order valence-corrected chi connectivity index (χ2v) is 3.03. The van der Waals surface area contributed by atoms with Gasteiger partial charge < -0.3 is 5.73 Å². The summed E-state index contributed by atoms with van der Waals surface area (Å²) in [7, 11) is 0. The summed E-state index contributed by atoms with van der Waals surface area (Å²) in [5.74, 6) is 2.88. The first-order valence-corrected chi connectivity index (χ1v) is 4.23. The molecule has 78 valence electrons. The van der Waals surface area contributed by atoms with E-state index in [-0.39, 0.29) is 12.0 Å². The molecule has 0 aliphatic rings. The van der Waals surface area contributed by atoms with Crippen LogP contribution in [0.3, 0.4) is 0 Å². The predicted molar refractivity (Wildman–Crippen MR) is 51.8 cm³/mol. The molecule has 0 bridgehead atoms. The van der Waals surface area contributed by atoms with Crippen LogP contribution in [-0.4, -0.2) is 5.91 Å². The largest absolute Gasteiger partial charge is 0.369 e. The number of rotatable bonds is 1. The molecule has 0 aliphatic carbocycles. The standard InChI is InChI=1S/C11H9F2NO/c1-7-5-8(3-2-4-11(14)15)10(13)6-9(7)12/h5-6H,4H2,1H3,(H2,14,15). The SMILES string of the molecule is Cc1cc(C#CCC(N)=O)c(F)cc1F. The maximum Gasteiger partial charge on any atom is 0.229 e. The Balaban J connectivity index is 2.98. The molecule has 1 rings (SSSR count). The van der Waals surface area contributed by atoms with E-state index in [1.54, 1.807) is 0 Å². The summed E-state index contributed by atoms with van der Waals surface area (Å²) in [6.07, 6.45) is -0.143. The Bertz CT molecular complexity index is 458. The zero-order valence-electron chi connectivity index (χ0n) is 8.10. The molecule has 0 saturated carbocycles. The number of halogens is 2. The molecule has 0 fully saturated rings. The summed E-state index contributed by atoms with van der Waals surface area (Å²) in [5.41, 5.74) is 5.22. The lowest BCUT2D eigenvalue weighted by atomic mass is 10.1. The summed E-state index contributed by atoms with van der Waals surface area (Å²) >= 11 is 0. The lowest BCUT2D eigenvalue weighted by Crippen LogP contribution is -2.08. The number of carbonyl (C=O) groups excluding carboxylic acids is 1. The minimum Gasteiger partial charge on any atom is -0.369 e. The van der Waals surface area contributed by atoms with Crippen molar-refractivity contribution in [2.45, 2.75) is 13.3 Å². The monoisotopic (exact) mass is 209 g/mol. The van der Waals surface area contributed by atoms with E-state index in [0.717, 1.165) is 6.07 Å². The van der Waals surface area contributed by atoms with Gasteiger partial charge in [-0.05, 0) is 18.6 Å². The van der Waals surface area contributed by atoms with Crippen molar-refractivity contribution in [3.63, 3.8) is 0 Å². The highest BCUT2D eigenvalue weighted by molar-refractivity contribution is 5.76. The maximum absolute atomic E-state index is 13.1.